The van der Waals surface area contributed by atoms with Gasteiger partial charge >= 0.3 is 0 Å². The van der Waals surface area contributed by atoms with Crippen molar-refractivity contribution >= 4 is 23.2 Å². The number of hydrogen-bond acceptors (Lipinski definition) is 5. The summed E-state index contributed by atoms with van der Waals surface area (Å²) in [6.07, 6.45) is 0.858. The highest BCUT2D eigenvalue weighted by molar-refractivity contribution is 6.32. The van der Waals surface area contributed by atoms with Crippen LogP contribution in [0.3, 0.4) is 0 Å². The molecule has 0 spiro atoms. The zero-order valence-corrected chi connectivity index (χ0v) is 17.9. The van der Waals surface area contributed by atoms with Crippen LogP contribution < -0.4 is 19.1 Å². The minimum absolute atomic E-state index is 0.0630. The molecule has 1 heterocycles. The number of hydrogen-bond donors (Lipinski definition) is 0. The van der Waals surface area contributed by atoms with Crippen molar-refractivity contribution in [3.8, 4) is 17.2 Å². The van der Waals surface area contributed by atoms with Gasteiger partial charge in [0, 0.05) is 31.7 Å². The molecule has 2 aromatic rings. The highest BCUT2D eigenvalue weighted by atomic mass is 35.5. The highest BCUT2D eigenvalue weighted by Gasteiger charge is 2.25. The normalized spacial score (nSPS) is 13.9. The van der Waals surface area contributed by atoms with Gasteiger partial charge in [-0.25, -0.2) is 0 Å². The number of anilines is 1. The molecule has 0 unspecified atom stereocenters. The molecule has 1 aliphatic heterocycles. The molecule has 1 fully saturated rings. The van der Waals surface area contributed by atoms with Crippen LogP contribution in [0.2, 0.25) is 5.02 Å². The Morgan fingerprint density at radius 3 is 2.38 bits per heavy atom. The quantitative estimate of drug-likeness (QED) is 0.677. The Morgan fingerprint density at radius 1 is 1.03 bits per heavy atom. The van der Waals surface area contributed by atoms with Gasteiger partial charge in [0.1, 0.15) is 5.75 Å². The maximum atomic E-state index is 13.0. The Labute approximate surface area is 176 Å². The molecule has 1 amide bonds. The van der Waals surface area contributed by atoms with Crippen molar-refractivity contribution in [3.05, 3.63) is 47.0 Å². The number of rotatable bonds is 7. The number of benzene rings is 2. The number of carbonyl (C=O) groups is 1. The standard InChI is InChI=1S/C22H27ClN2O4/c1-4-13-29-21-17(23)14-16(15-20(21)28-3)22(26)25-11-9-24(10-12-25)18-7-5-6-8-19(18)27-2/h5-8,14-15H,4,9-13H2,1-3H3. The van der Waals surface area contributed by atoms with Crippen molar-refractivity contribution in [1.29, 1.82) is 0 Å². The molecular weight excluding hydrogens is 392 g/mol. The van der Waals surface area contributed by atoms with Gasteiger partial charge in [-0.1, -0.05) is 30.7 Å². The maximum Gasteiger partial charge on any atom is 0.254 e. The Balaban J connectivity index is 1.71. The van der Waals surface area contributed by atoms with Crippen LogP contribution in [0, 0.1) is 0 Å². The van der Waals surface area contributed by atoms with Gasteiger partial charge in [0.15, 0.2) is 11.5 Å². The van der Waals surface area contributed by atoms with Crippen LogP contribution in [0.5, 0.6) is 17.2 Å². The van der Waals surface area contributed by atoms with E-state index in [1.54, 1.807) is 26.4 Å². The number of amides is 1. The van der Waals surface area contributed by atoms with E-state index in [0.717, 1.165) is 30.9 Å². The molecule has 7 heteroatoms. The first-order valence-corrected chi connectivity index (χ1v) is 10.1. The number of methoxy groups -OCH3 is 2. The molecule has 0 radical (unpaired) electrons. The SMILES string of the molecule is CCCOc1c(Cl)cc(C(=O)N2CCN(c3ccccc3OC)CC2)cc1OC. The van der Waals surface area contributed by atoms with E-state index in [0.29, 0.717) is 41.8 Å². The summed E-state index contributed by atoms with van der Waals surface area (Å²) in [7, 11) is 3.22. The summed E-state index contributed by atoms with van der Waals surface area (Å²) < 4.78 is 16.5. The van der Waals surface area contributed by atoms with E-state index in [1.165, 1.54) is 0 Å². The van der Waals surface area contributed by atoms with Crippen molar-refractivity contribution < 1.29 is 19.0 Å². The number of nitrogens with zero attached hydrogens (tertiary/aromatic N) is 2. The van der Waals surface area contributed by atoms with Crippen LogP contribution in [-0.4, -0.2) is 57.8 Å². The third kappa shape index (κ3) is 4.70. The molecule has 0 aromatic heterocycles. The summed E-state index contributed by atoms with van der Waals surface area (Å²) in [6, 6.07) is 11.3. The van der Waals surface area contributed by atoms with Crippen molar-refractivity contribution in [2.75, 3.05) is 51.9 Å². The van der Waals surface area contributed by atoms with Crippen molar-refractivity contribution in [3.63, 3.8) is 0 Å². The lowest BCUT2D eigenvalue weighted by molar-refractivity contribution is 0.0746. The van der Waals surface area contributed by atoms with Gasteiger partial charge in [0.2, 0.25) is 0 Å². The number of halogens is 1. The first-order chi connectivity index (χ1) is 14.1. The predicted molar refractivity (Wildman–Crippen MR) is 115 cm³/mol. The van der Waals surface area contributed by atoms with Crippen molar-refractivity contribution in [2.45, 2.75) is 13.3 Å². The smallest absolute Gasteiger partial charge is 0.254 e. The Morgan fingerprint density at radius 2 is 1.72 bits per heavy atom. The fourth-order valence-electron chi connectivity index (χ4n) is 3.41. The Kier molecular flexibility index (Phi) is 7.09. The zero-order chi connectivity index (χ0) is 20.8. The van der Waals surface area contributed by atoms with Gasteiger partial charge in [-0.2, -0.15) is 0 Å². The van der Waals surface area contributed by atoms with Gasteiger partial charge < -0.3 is 24.0 Å². The van der Waals surface area contributed by atoms with E-state index in [2.05, 4.69) is 4.90 Å². The summed E-state index contributed by atoms with van der Waals surface area (Å²) in [5.74, 6) is 1.73. The van der Waals surface area contributed by atoms with Crippen LogP contribution in [-0.2, 0) is 0 Å². The second kappa shape index (κ2) is 9.74. The molecule has 29 heavy (non-hydrogen) atoms. The fraction of sp³-hybridized carbons (Fsp3) is 0.409. The molecular formula is C22H27ClN2O4. The molecule has 0 saturated carbocycles. The predicted octanol–water partition coefficient (Wildman–Crippen LogP) is 4.11. The monoisotopic (exact) mass is 418 g/mol. The van der Waals surface area contributed by atoms with E-state index in [9.17, 15) is 4.79 Å². The van der Waals surface area contributed by atoms with E-state index in [1.807, 2.05) is 36.1 Å². The van der Waals surface area contributed by atoms with E-state index in [-0.39, 0.29) is 5.91 Å². The number of para-hydroxylation sites is 2. The topological polar surface area (TPSA) is 51.2 Å². The van der Waals surface area contributed by atoms with Gasteiger partial charge in [0.25, 0.3) is 5.91 Å². The number of ether oxygens (including phenoxy) is 3. The van der Waals surface area contributed by atoms with E-state index < -0.39 is 0 Å². The van der Waals surface area contributed by atoms with Crippen LogP contribution >= 0.6 is 11.6 Å². The van der Waals surface area contributed by atoms with Gasteiger partial charge in [-0.05, 0) is 30.7 Å². The van der Waals surface area contributed by atoms with E-state index in [4.69, 9.17) is 25.8 Å². The van der Waals surface area contributed by atoms with E-state index >= 15 is 0 Å². The lowest BCUT2D eigenvalue weighted by atomic mass is 10.1. The second-order valence-electron chi connectivity index (χ2n) is 6.79. The number of carbonyl (C=O) groups excluding carboxylic acids is 1. The van der Waals surface area contributed by atoms with Gasteiger partial charge in [0.05, 0.1) is 31.5 Å². The van der Waals surface area contributed by atoms with Crippen LogP contribution in [0.25, 0.3) is 0 Å². The average Bonchev–Trinajstić information content (AvgIpc) is 2.77. The largest absolute Gasteiger partial charge is 0.495 e. The highest BCUT2D eigenvalue weighted by Crippen LogP contribution is 2.37. The summed E-state index contributed by atoms with van der Waals surface area (Å²) in [5, 5.41) is 0.383. The van der Waals surface area contributed by atoms with Crippen LogP contribution in [0.15, 0.2) is 36.4 Å². The Bertz CT molecular complexity index is 851. The molecule has 1 aliphatic rings. The first kappa shape index (κ1) is 21.1. The summed E-state index contributed by atoms with van der Waals surface area (Å²) in [5.41, 5.74) is 1.55. The lowest BCUT2D eigenvalue weighted by Gasteiger charge is -2.36. The minimum atomic E-state index is -0.0630. The van der Waals surface area contributed by atoms with Crippen molar-refractivity contribution in [2.24, 2.45) is 0 Å². The number of piperazine rings is 1. The lowest BCUT2D eigenvalue weighted by Crippen LogP contribution is -2.48. The molecule has 0 atom stereocenters. The molecule has 0 N–H and O–H groups in total. The minimum Gasteiger partial charge on any atom is -0.495 e. The molecule has 3 rings (SSSR count). The second-order valence-corrected chi connectivity index (χ2v) is 7.20. The first-order valence-electron chi connectivity index (χ1n) is 9.76. The maximum absolute atomic E-state index is 13.0. The third-order valence-corrected chi connectivity index (χ3v) is 5.20. The van der Waals surface area contributed by atoms with Crippen LogP contribution in [0.4, 0.5) is 5.69 Å². The van der Waals surface area contributed by atoms with Crippen LogP contribution in [0.1, 0.15) is 23.7 Å². The summed E-state index contributed by atoms with van der Waals surface area (Å²) in [6.45, 7) is 5.25. The third-order valence-electron chi connectivity index (χ3n) is 4.92. The van der Waals surface area contributed by atoms with Crippen molar-refractivity contribution in [1.82, 2.24) is 4.90 Å². The molecule has 2 aromatic carbocycles. The summed E-state index contributed by atoms with van der Waals surface area (Å²) >= 11 is 6.37. The summed E-state index contributed by atoms with van der Waals surface area (Å²) in [4.78, 5) is 17.1. The molecule has 0 aliphatic carbocycles. The average molecular weight is 419 g/mol. The molecule has 6 nitrogen and oxygen atoms in total. The molecule has 0 bridgehead atoms. The molecule has 1 saturated heterocycles. The Hall–Kier alpha value is -2.60. The molecule has 156 valence electrons. The fourth-order valence-corrected chi connectivity index (χ4v) is 3.68. The zero-order valence-electron chi connectivity index (χ0n) is 17.1. The van der Waals surface area contributed by atoms with Gasteiger partial charge in [-0.15, -0.1) is 0 Å². The van der Waals surface area contributed by atoms with Gasteiger partial charge in [-0.3, -0.25) is 4.79 Å².